The molecule has 1 heterocycles. The summed E-state index contributed by atoms with van der Waals surface area (Å²) in [6.45, 7) is 0.00191. The van der Waals surface area contributed by atoms with Gasteiger partial charge in [-0.15, -0.1) is 0 Å². The summed E-state index contributed by atoms with van der Waals surface area (Å²) in [5, 5.41) is 19.7. The number of halogens is 1. The number of aliphatic carboxylic acids is 1. The number of imide groups is 1. The number of carbonyl (C=O) groups is 5. The Morgan fingerprint density at radius 2 is 1.62 bits per heavy atom. The zero-order valence-electron chi connectivity index (χ0n) is 25.3. The molecule has 1 aliphatic heterocycles. The van der Waals surface area contributed by atoms with Crippen LogP contribution < -0.4 is 0 Å². The van der Waals surface area contributed by atoms with Gasteiger partial charge in [0, 0.05) is 35.4 Å². The lowest BCUT2D eigenvalue weighted by atomic mass is 9.44. The smallest absolute Gasteiger partial charge is 0.303 e. The number of hydrogen-bond donors (Lipinski definition) is 2. The van der Waals surface area contributed by atoms with Gasteiger partial charge in [-0.2, -0.15) is 0 Å². The summed E-state index contributed by atoms with van der Waals surface area (Å²) in [6.07, 6.45) is 3.77. The van der Waals surface area contributed by atoms with E-state index in [1.54, 1.807) is 30.3 Å². The number of benzene rings is 3. The molecule has 2 fully saturated rings. The molecule has 238 valence electrons. The molecule has 0 radical (unpaired) electrons. The SMILES string of the molecule is O=C(O)CCCN1C(=O)[C@H]2[C@H](CC=C3[C@H]2C[C@H]2C(=O)C(c4ccccc4)=CC(=O)[C@@]2(c2ccccc2)[C@H]3c2ccc(O)cc2Cl)C1=O. The van der Waals surface area contributed by atoms with Crippen molar-refractivity contribution in [3.8, 4) is 5.75 Å². The maximum atomic E-state index is 15.0. The summed E-state index contributed by atoms with van der Waals surface area (Å²) in [6, 6.07) is 22.8. The van der Waals surface area contributed by atoms with E-state index < -0.39 is 41.0 Å². The monoisotopic (exact) mass is 649 g/mol. The van der Waals surface area contributed by atoms with Crippen molar-refractivity contribution in [2.24, 2.45) is 23.7 Å². The van der Waals surface area contributed by atoms with Crippen LogP contribution in [0.1, 0.15) is 48.3 Å². The van der Waals surface area contributed by atoms with Gasteiger partial charge in [0.05, 0.1) is 17.3 Å². The van der Waals surface area contributed by atoms with Crippen LogP contribution in [0.2, 0.25) is 5.02 Å². The van der Waals surface area contributed by atoms with Crippen LogP contribution in [0.4, 0.5) is 0 Å². The number of ketones is 2. The molecule has 0 aromatic heterocycles. The Morgan fingerprint density at radius 1 is 0.915 bits per heavy atom. The molecule has 6 atom stereocenters. The highest BCUT2D eigenvalue weighted by molar-refractivity contribution is 6.33. The van der Waals surface area contributed by atoms with E-state index in [1.807, 2.05) is 42.5 Å². The van der Waals surface area contributed by atoms with Gasteiger partial charge in [-0.05, 0) is 60.1 Å². The summed E-state index contributed by atoms with van der Waals surface area (Å²) in [5.41, 5.74) is 1.45. The Bertz CT molecular complexity index is 1880. The number of hydrogen-bond acceptors (Lipinski definition) is 6. The number of carboxylic acids is 1. The molecule has 3 aromatic rings. The molecule has 0 bridgehead atoms. The van der Waals surface area contributed by atoms with Crippen LogP contribution in [-0.2, 0) is 29.4 Å². The summed E-state index contributed by atoms with van der Waals surface area (Å²) >= 11 is 6.88. The van der Waals surface area contributed by atoms with Crippen LogP contribution in [-0.4, -0.2) is 51.0 Å². The fourth-order valence-corrected chi connectivity index (χ4v) is 8.93. The first kappa shape index (κ1) is 30.8. The topological polar surface area (TPSA) is 129 Å². The Balaban J connectivity index is 1.44. The number of amides is 2. The maximum Gasteiger partial charge on any atom is 0.303 e. The minimum atomic E-state index is -1.42. The molecule has 2 N–H and O–H groups in total. The first-order chi connectivity index (χ1) is 22.6. The Hall–Kier alpha value is -4.82. The van der Waals surface area contributed by atoms with Gasteiger partial charge in [0.1, 0.15) is 5.75 Å². The standard InChI is InChI=1S/C38H32ClNO7/c39-30-18-23(41)13-14-25(30)34-24-15-16-26-33(37(47)40(36(26)46)17-7-12-32(43)44)28(24)19-29-35(45)27(21-8-3-1-4-9-21)20-31(42)38(29,34)22-10-5-2-6-11-22/h1-6,8-11,13-15,18,20,26,28-29,33-34,41H,7,12,16-17,19H2,(H,43,44)/t26-,28+,29-,33-,34+,38-/m0/s1. The molecule has 0 unspecified atom stereocenters. The van der Waals surface area contributed by atoms with Crippen LogP contribution in [0.15, 0.2) is 96.6 Å². The van der Waals surface area contributed by atoms with E-state index in [9.17, 15) is 29.1 Å². The van der Waals surface area contributed by atoms with E-state index in [2.05, 4.69) is 0 Å². The van der Waals surface area contributed by atoms with E-state index in [1.165, 1.54) is 23.1 Å². The molecule has 7 rings (SSSR count). The molecule has 9 heteroatoms. The van der Waals surface area contributed by atoms with Gasteiger partial charge in [0.2, 0.25) is 11.8 Å². The Labute approximate surface area is 276 Å². The number of likely N-dealkylation sites (tertiary alicyclic amines) is 1. The van der Waals surface area contributed by atoms with Crippen molar-refractivity contribution < 1.29 is 34.2 Å². The van der Waals surface area contributed by atoms with Gasteiger partial charge in [-0.25, -0.2) is 0 Å². The van der Waals surface area contributed by atoms with Crippen molar-refractivity contribution in [2.75, 3.05) is 6.54 Å². The van der Waals surface area contributed by atoms with Crippen LogP contribution in [0.3, 0.4) is 0 Å². The van der Waals surface area contributed by atoms with E-state index in [0.717, 1.165) is 5.57 Å². The number of phenols is 1. The lowest BCUT2D eigenvalue weighted by Gasteiger charge is -2.55. The second-order valence-corrected chi connectivity index (χ2v) is 13.2. The maximum absolute atomic E-state index is 15.0. The second-order valence-electron chi connectivity index (χ2n) is 12.8. The number of carbonyl (C=O) groups excluding carboxylic acids is 4. The van der Waals surface area contributed by atoms with Crippen LogP contribution in [0.25, 0.3) is 5.57 Å². The molecule has 1 saturated heterocycles. The second kappa shape index (κ2) is 11.8. The lowest BCUT2D eigenvalue weighted by molar-refractivity contribution is -0.142. The third-order valence-electron chi connectivity index (χ3n) is 10.5. The molecule has 2 amide bonds. The summed E-state index contributed by atoms with van der Waals surface area (Å²) in [5.74, 6) is -5.93. The summed E-state index contributed by atoms with van der Waals surface area (Å²) < 4.78 is 0. The molecule has 8 nitrogen and oxygen atoms in total. The van der Waals surface area contributed by atoms with E-state index >= 15 is 0 Å². The minimum absolute atomic E-state index is 0.00191. The molecule has 0 spiro atoms. The van der Waals surface area contributed by atoms with Crippen molar-refractivity contribution in [3.05, 3.63) is 118 Å². The molecular formula is C38H32ClNO7. The largest absolute Gasteiger partial charge is 0.508 e. The highest BCUT2D eigenvalue weighted by Gasteiger charge is 2.66. The van der Waals surface area contributed by atoms with E-state index in [4.69, 9.17) is 16.7 Å². The predicted molar refractivity (Wildman–Crippen MR) is 173 cm³/mol. The average Bonchev–Trinajstić information content (AvgIpc) is 3.31. The number of fused-ring (bicyclic) bond motifs is 4. The molecule has 1 saturated carbocycles. The number of rotatable bonds is 7. The number of phenolic OH excluding ortho intramolecular Hbond substituents is 1. The molecule has 4 aliphatic rings. The Morgan fingerprint density at radius 3 is 2.30 bits per heavy atom. The normalized spacial score (nSPS) is 28.3. The summed E-state index contributed by atoms with van der Waals surface area (Å²) in [4.78, 5) is 69.9. The Kier molecular flexibility index (Phi) is 7.71. The molecule has 47 heavy (non-hydrogen) atoms. The molecule has 3 aromatic carbocycles. The van der Waals surface area contributed by atoms with Gasteiger partial charge in [0.25, 0.3) is 0 Å². The fourth-order valence-electron chi connectivity index (χ4n) is 8.64. The fraction of sp³-hybridized carbons (Fsp3) is 0.289. The number of carboxylic acid groups (broad SMARTS) is 1. The van der Waals surface area contributed by atoms with Gasteiger partial charge >= 0.3 is 5.97 Å². The van der Waals surface area contributed by atoms with Gasteiger partial charge < -0.3 is 10.2 Å². The van der Waals surface area contributed by atoms with Gasteiger partial charge in [-0.3, -0.25) is 28.9 Å². The zero-order valence-corrected chi connectivity index (χ0v) is 26.1. The van der Waals surface area contributed by atoms with Crippen LogP contribution in [0.5, 0.6) is 5.75 Å². The molecule has 3 aliphatic carbocycles. The van der Waals surface area contributed by atoms with E-state index in [-0.39, 0.29) is 66.4 Å². The van der Waals surface area contributed by atoms with Gasteiger partial charge in [-0.1, -0.05) is 90.0 Å². The van der Waals surface area contributed by atoms with Crippen LogP contribution in [0, 0.1) is 23.7 Å². The quantitative estimate of drug-likeness (QED) is 0.247. The third-order valence-corrected chi connectivity index (χ3v) is 10.9. The highest BCUT2D eigenvalue weighted by Crippen LogP contribution is 2.64. The number of Topliss-reactive ketones (excluding diaryl/α,β-unsaturated/α-hetero) is 1. The van der Waals surface area contributed by atoms with Gasteiger partial charge in [0.15, 0.2) is 11.6 Å². The van der Waals surface area contributed by atoms with Crippen molar-refractivity contribution in [1.82, 2.24) is 4.90 Å². The van der Waals surface area contributed by atoms with Crippen molar-refractivity contribution in [3.63, 3.8) is 0 Å². The first-order valence-electron chi connectivity index (χ1n) is 15.8. The van der Waals surface area contributed by atoms with E-state index in [0.29, 0.717) is 22.3 Å². The molecular weight excluding hydrogens is 618 g/mol. The first-order valence-corrected chi connectivity index (χ1v) is 16.2. The number of nitrogens with zero attached hydrogens (tertiary/aromatic N) is 1. The number of allylic oxidation sites excluding steroid dienone is 4. The predicted octanol–water partition coefficient (Wildman–Crippen LogP) is 5.73. The lowest BCUT2D eigenvalue weighted by Crippen LogP contribution is -2.58. The summed E-state index contributed by atoms with van der Waals surface area (Å²) in [7, 11) is 0. The van der Waals surface area contributed by atoms with Crippen molar-refractivity contribution >= 4 is 46.5 Å². The zero-order chi connectivity index (χ0) is 33.0. The van der Waals surface area contributed by atoms with Crippen molar-refractivity contribution in [1.29, 1.82) is 0 Å². The number of aromatic hydroxyl groups is 1. The highest BCUT2D eigenvalue weighted by atomic mass is 35.5. The third kappa shape index (κ3) is 4.76. The van der Waals surface area contributed by atoms with Crippen LogP contribution >= 0.6 is 11.6 Å². The van der Waals surface area contributed by atoms with Crippen molar-refractivity contribution in [2.45, 2.75) is 37.0 Å². The average molecular weight is 650 g/mol. The minimum Gasteiger partial charge on any atom is -0.508 e.